The molecule has 0 aromatic rings. The molecule has 9 heteroatoms. The van der Waals surface area contributed by atoms with Gasteiger partial charge in [0.1, 0.15) is 13.2 Å². The first-order valence-electron chi connectivity index (χ1n) is 19.4. The number of ether oxygens (including phenoxy) is 5. The van der Waals surface area contributed by atoms with Gasteiger partial charge in [-0.15, -0.1) is 0 Å². The Morgan fingerprint density at radius 1 is 0.521 bits per heavy atom. The van der Waals surface area contributed by atoms with Crippen molar-refractivity contribution in [1.29, 1.82) is 0 Å². The minimum Gasteiger partial charge on any atom is -0.462 e. The number of hydrogen-bond donors (Lipinski definition) is 1. The largest absolute Gasteiger partial charge is 0.462 e. The highest BCUT2D eigenvalue weighted by Gasteiger charge is 2.19. The molecule has 0 bridgehead atoms. The fourth-order valence-corrected chi connectivity index (χ4v) is 5.31. The summed E-state index contributed by atoms with van der Waals surface area (Å²) in [5, 5.41) is 2.67. The maximum Gasteiger partial charge on any atom is 0.407 e. The summed E-state index contributed by atoms with van der Waals surface area (Å²) in [6, 6.07) is 0. The fourth-order valence-electron chi connectivity index (χ4n) is 5.31. The van der Waals surface area contributed by atoms with Crippen molar-refractivity contribution in [3.05, 3.63) is 0 Å². The van der Waals surface area contributed by atoms with Gasteiger partial charge in [-0.05, 0) is 19.3 Å². The van der Waals surface area contributed by atoms with Crippen molar-refractivity contribution in [2.45, 2.75) is 188 Å². The van der Waals surface area contributed by atoms with Crippen LogP contribution >= 0.6 is 0 Å². The monoisotopic (exact) mass is 688 g/mol. The van der Waals surface area contributed by atoms with Crippen LogP contribution in [0, 0.1) is 0 Å². The Morgan fingerprint density at radius 3 is 1.44 bits per heavy atom. The number of unbranched alkanes of at least 4 members (excludes halogenated alkanes) is 20. The molecular weight excluding hydrogens is 610 g/mol. The zero-order chi connectivity index (χ0) is 34.5. The second kappa shape index (κ2) is 39.6. The van der Waals surface area contributed by atoms with Gasteiger partial charge in [-0.25, -0.2) is 4.79 Å². The molecule has 0 unspecified atom stereocenters. The smallest absolute Gasteiger partial charge is 0.407 e. The zero-order valence-corrected chi connectivity index (χ0v) is 30.8. The summed E-state index contributed by atoms with van der Waals surface area (Å²) in [4.78, 5) is 37.1. The first-order valence-corrected chi connectivity index (χ1v) is 19.4. The third-order valence-corrected chi connectivity index (χ3v) is 8.26. The van der Waals surface area contributed by atoms with Crippen LogP contribution in [-0.4, -0.2) is 70.8 Å². The van der Waals surface area contributed by atoms with Gasteiger partial charge in [-0.1, -0.05) is 150 Å². The third-order valence-electron chi connectivity index (χ3n) is 8.26. The Morgan fingerprint density at radius 2 is 0.958 bits per heavy atom. The molecule has 48 heavy (non-hydrogen) atoms. The molecule has 0 fully saturated rings. The van der Waals surface area contributed by atoms with E-state index in [-0.39, 0.29) is 32.6 Å². The van der Waals surface area contributed by atoms with Crippen LogP contribution in [0.1, 0.15) is 182 Å². The van der Waals surface area contributed by atoms with E-state index in [1.807, 2.05) is 0 Å². The summed E-state index contributed by atoms with van der Waals surface area (Å²) >= 11 is 0. The molecule has 0 aromatic heterocycles. The number of carbonyl (C=O) groups is 3. The molecule has 0 aliphatic rings. The van der Waals surface area contributed by atoms with Gasteiger partial charge in [0, 0.05) is 33.1 Å². The highest BCUT2D eigenvalue weighted by Crippen LogP contribution is 2.14. The lowest BCUT2D eigenvalue weighted by molar-refractivity contribution is -0.161. The van der Waals surface area contributed by atoms with Crippen molar-refractivity contribution in [2.75, 3.05) is 46.7 Å². The van der Waals surface area contributed by atoms with Crippen LogP contribution in [0.3, 0.4) is 0 Å². The summed E-state index contributed by atoms with van der Waals surface area (Å²) in [6.07, 6.45) is 26.4. The second-order valence-corrected chi connectivity index (χ2v) is 12.8. The molecule has 1 atom stereocenters. The molecule has 0 aliphatic carbocycles. The van der Waals surface area contributed by atoms with Crippen molar-refractivity contribution in [1.82, 2.24) is 5.32 Å². The van der Waals surface area contributed by atoms with Gasteiger partial charge in [0.15, 0.2) is 6.10 Å². The Balaban J connectivity index is 0. The van der Waals surface area contributed by atoms with E-state index in [0.29, 0.717) is 45.6 Å². The van der Waals surface area contributed by atoms with E-state index in [9.17, 15) is 14.4 Å². The molecule has 0 saturated carbocycles. The summed E-state index contributed by atoms with van der Waals surface area (Å²) < 4.78 is 26.6. The number of carbonyl (C=O) groups excluding carboxylic acids is 3. The van der Waals surface area contributed by atoms with Crippen molar-refractivity contribution in [3.8, 4) is 0 Å². The maximum atomic E-state index is 12.6. The van der Waals surface area contributed by atoms with E-state index < -0.39 is 12.2 Å². The molecule has 0 aliphatic heterocycles. The van der Waals surface area contributed by atoms with Crippen LogP contribution in [0.15, 0.2) is 0 Å². The van der Waals surface area contributed by atoms with Gasteiger partial charge < -0.3 is 29.0 Å². The molecule has 0 radical (unpaired) electrons. The first kappa shape index (κ1) is 48.2. The van der Waals surface area contributed by atoms with Crippen LogP contribution in [0.5, 0.6) is 0 Å². The topological polar surface area (TPSA) is 109 Å². The van der Waals surface area contributed by atoms with Crippen molar-refractivity contribution in [3.63, 3.8) is 0 Å². The molecule has 1 N–H and O–H groups in total. The van der Waals surface area contributed by atoms with E-state index in [2.05, 4.69) is 19.2 Å². The van der Waals surface area contributed by atoms with Gasteiger partial charge in [-0.2, -0.15) is 0 Å². The van der Waals surface area contributed by atoms with E-state index in [4.69, 9.17) is 23.7 Å². The first-order chi connectivity index (χ1) is 23.0. The third kappa shape index (κ3) is 37.0. The average Bonchev–Trinajstić information content (AvgIpc) is 3.06. The van der Waals surface area contributed by atoms with Crippen LogP contribution in [0.2, 0.25) is 0 Å². The van der Waals surface area contributed by atoms with Gasteiger partial charge in [0.2, 0.25) is 0 Å². The lowest BCUT2D eigenvalue weighted by atomic mass is 10.1. The fraction of sp³-hybridized carbons (Fsp3) is 0.923. The second-order valence-electron chi connectivity index (χ2n) is 12.8. The van der Waals surface area contributed by atoms with Crippen LogP contribution in [0.4, 0.5) is 4.79 Å². The van der Waals surface area contributed by atoms with Crippen LogP contribution in [-0.2, 0) is 33.3 Å². The molecule has 0 saturated heterocycles. The molecule has 0 heterocycles. The highest BCUT2D eigenvalue weighted by atomic mass is 16.6. The van der Waals surface area contributed by atoms with Gasteiger partial charge in [0.05, 0.1) is 13.2 Å². The summed E-state index contributed by atoms with van der Waals surface area (Å²) in [7, 11) is 1.62. The standard InChI is InChI=1S/C38H73NO8.CH4/c1-4-6-8-10-12-14-16-18-20-22-24-27-36(40)45-33-35(34-46-38(42)39-29-26-30-44-32-31-43-3)47-37(41)28-25-23-21-19-17-15-13-11-9-7-5-2;/h35H,4-34H2,1-3H3,(H,39,42);1H4/t35-;/m1./s1. The number of hydrogen-bond acceptors (Lipinski definition) is 8. The van der Waals surface area contributed by atoms with Gasteiger partial charge in [0.25, 0.3) is 0 Å². The minimum atomic E-state index is -0.834. The number of alkyl carbamates (subject to hydrolysis) is 1. The van der Waals surface area contributed by atoms with Crippen LogP contribution < -0.4 is 5.32 Å². The van der Waals surface area contributed by atoms with Gasteiger partial charge >= 0.3 is 18.0 Å². The summed E-state index contributed by atoms with van der Waals surface area (Å²) in [5.41, 5.74) is 0. The predicted octanol–water partition coefficient (Wildman–Crippen LogP) is 10.3. The summed E-state index contributed by atoms with van der Waals surface area (Å²) in [6.45, 7) is 6.11. The Hall–Kier alpha value is -1.87. The van der Waals surface area contributed by atoms with Gasteiger partial charge in [-0.3, -0.25) is 9.59 Å². The molecule has 1 amide bonds. The zero-order valence-electron chi connectivity index (χ0n) is 30.8. The lowest BCUT2D eigenvalue weighted by Crippen LogP contribution is -2.34. The quantitative estimate of drug-likeness (QED) is 0.0394. The molecule has 0 spiro atoms. The Bertz CT molecular complexity index is 705. The average molecular weight is 688 g/mol. The Kier molecular flexibility index (Phi) is 39.8. The molecule has 286 valence electrons. The summed E-state index contributed by atoms with van der Waals surface area (Å²) in [5.74, 6) is -0.671. The van der Waals surface area contributed by atoms with Crippen molar-refractivity contribution < 1.29 is 38.1 Å². The van der Waals surface area contributed by atoms with Crippen LogP contribution in [0.25, 0.3) is 0 Å². The SMILES string of the molecule is C.CCCCCCCCCCCCCC(=O)OC[C@H](COC(=O)NCCCOCCOC)OC(=O)CCCCCCCCCCCCC. The number of nitrogens with one attached hydrogen (secondary N) is 1. The van der Waals surface area contributed by atoms with E-state index >= 15 is 0 Å². The number of rotatable bonds is 36. The Labute approximate surface area is 295 Å². The number of methoxy groups -OCH3 is 1. The van der Waals surface area contributed by atoms with E-state index in [1.54, 1.807) is 7.11 Å². The number of esters is 2. The minimum absolute atomic E-state index is 0. The number of amides is 1. The maximum absolute atomic E-state index is 12.6. The highest BCUT2D eigenvalue weighted by molar-refractivity contribution is 5.70. The molecule has 0 rings (SSSR count). The van der Waals surface area contributed by atoms with E-state index in [0.717, 1.165) is 38.5 Å². The predicted molar refractivity (Wildman–Crippen MR) is 196 cm³/mol. The molecular formula is C39H77NO8. The molecule has 0 aromatic carbocycles. The van der Waals surface area contributed by atoms with Crippen molar-refractivity contribution >= 4 is 18.0 Å². The normalized spacial score (nSPS) is 11.5. The molecule has 9 nitrogen and oxygen atoms in total. The van der Waals surface area contributed by atoms with E-state index in [1.165, 1.54) is 103 Å². The van der Waals surface area contributed by atoms with Crippen molar-refractivity contribution in [2.24, 2.45) is 0 Å². The lowest BCUT2D eigenvalue weighted by Gasteiger charge is -2.18.